The molecule has 0 atom stereocenters. The molecule has 4 nitrogen and oxygen atoms in total. The van der Waals surface area contributed by atoms with E-state index < -0.39 is 5.97 Å². The van der Waals surface area contributed by atoms with E-state index >= 15 is 0 Å². The van der Waals surface area contributed by atoms with Gasteiger partial charge < -0.3 is 5.11 Å². The molecule has 0 saturated carbocycles. The molecular weight excluding hydrogens is 248 g/mol. The highest BCUT2D eigenvalue weighted by Crippen LogP contribution is 2.27. The summed E-state index contributed by atoms with van der Waals surface area (Å²) >= 11 is 3.32. The number of hydrogen-bond acceptors (Lipinski definition) is 2. The zero-order valence-electron chi connectivity index (χ0n) is 7.34. The Morgan fingerprint density at radius 1 is 1.57 bits per heavy atom. The molecule has 0 saturated heterocycles. The van der Waals surface area contributed by atoms with Crippen molar-refractivity contribution in [3.8, 4) is 0 Å². The van der Waals surface area contributed by atoms with Gasteiger partial charge in [-0.3, -0.25) is 5.10 Å². The molecule has 0 spiro atoms. The minimum Gasteiger partial charge on any atom is -0.478 e. The van der Waals surface area contributed by atoms with Crippen LogP contribution in [0.15, 0.2) is 16.6 Å². The number of carbonyl (C=O) groups is 1. The van der Waals surface area contributed by atoms with Crippen molar-refractivity contribution in [2.24, 2.45) is 0 Å². The lowest BCUT2D eigenvalue weighted by molar-refractivity contribution is 0.0699. The molecule has 2 N–H and O–H groups in total. The summed E-state index contributed by atoms with van der Waals surface area (Å²) in [5, 5.41) is 16.4. The van der Waals surface area contributed by atoms with Gasteiger partial charge in [-0.15, -0.1) is 0 Å². The second-order valence-electron chi connectivity index (χ2n) is 2.97. The number of aryl methyl sites for hydroxylation is 1. The topological polar surface area (TPSA) is 66.0 Å². The number of aromatic amines is 1. The van der Waals surface area contributed by atoms with Crippen LogP contribution in [-0.2, 0) is 0 Å². The van der Waals surface area contributed by atoms with Crippen LogP contribution in [0.5, 0.6) is 0 Å². The molecule has 1 aromatic carbocycles. The summed E-state index contributed by atoms with van der Waals surface area (Å²) in [5.41, 5.74) is 1.69. The minimum atomic E-state index is -0.938. The number of nitrogens with one attached hydrogen (secondary N) is 1. The van der Waals surface area contributed by atoms with E-state index in [1.165, 1.54) is 0 Å². The third kappa shape index (κ3) is 1.21. The van der Waals surface area contributed by atoms with E-state index in [-0.39, 0.29) is 5.56 Å². The number of nitrogens with zero attached hydrogens (tertiary/aromatic N) is 1. The predicted octanol–water partition coefficient (Wildman–Crippen LogP) is 2.33. The molecule has 0 bridgehead atoms. The molecule has 0 aliphatic rings. The third-order valence-corrected chi connectivity index (χ3v) is 2.71. The Labute approximate surface area is 88.1 Å². The van der Waals surface area contributed by atoms with Crippen molar-refractivity contribution < 1.29 is 9.90 Å². The number of fused-ring (bicyclic) bond motifs is 1. The van der Waals surface area contributed by atoms with Crippen molar-refractivity contribution in [1.29, 1.82) is 0 Å². The van der Waals surface area contributed by atoms with Crippen LogP contribution in [0.4, 0.5) is 0 Å². The van der Waals surface area contributed by atoms with Crippen molar-refractivity contribution in [2.75, 3.05) is 0 Å². The number of carboxylic acid groups (broad SMARTS) is 1. The fourth-order valence-corrected chi connectivity index (χ4v) is 1.85. The van der Waals surface area contributed by atoms with E-state index in [1.807, 2.05) is 0 Å². The summed E-state index contributed by atoms with van der Waals surface area (Å²) in [6, 6.07) is 3.25. The number of benzene rings is 1. The maximum absolute atomic E-state index is 10.9. The van der Waals surface area contributed by atoms with Crippen LogP contribution in [0.3, 0.4) is 0 Å². The Balaban J connectivity index is 2.92. The lowest BCUT2D eigenvalue weighted by atomic mass is 10.1. The van der Waals surface area contributed by atoms with E-state index in [4.69, 9.17) is 5.11 Å². The van der Waals surface area contributed by atoms with Gasteiger partial charge in [0.05, 0.1) is 5.56 Å². The van der Waals surface area contributed by atoms with Crippen molar-refractivity contribution in [1.82, 2.24) is 10.2 Å². The van der Waals surface area contributed by atoms with E-state index in [0.717, 1.165) is 10.2 Å². The second-order valence-corrected chi connectivity index (χ2v) is 3.83. The number of aromatic nitrogens is 2. The maximum atomic E-state index is 10.9. The number of H-pyrrole nitrogens is 1. The molecule has 14 heavy (non-hydrogen) atoms. The maximum Gasteiger partial charge on any atom is 0.336 e. The smallest absolute Gasteiger partial charge is 0.336 e. The molecule has 2 rings (SSSR count). The first-order valence-corrected chi connectivity index (χ1v) is 4.77. The zero-order valence-corrected chi connectivity index (χ0v) is 8.92. The van der Waals surface area contributed by atoms with Crippen molar-refractivity contribution in [3.63, 3.8) is 0 Å². The molecule has 72 valence electrons. The Morgan fingerprint density at radius 2 is 2.29 bits per heavy atom. The van der Waals surface area contributed by atoms with Gasteiger partial charge in [0.2, 0.25) is 0 Å². The summed E-state index contributed by atoms with van der Waals surface area (Å²) in [6.07, 6.45) is 0. The third-order valence-electron chi connectivity index (χ3n) is 2.07. The largest absolute Gasteiger partial charge is 0.478 e. The number of rotatable bonds is 1. The Hall–Kier alpha value is -1.36. The highest BCUT2D eigenvalue weighted by atomic mass is 79.9. The van der Waals surface area contributed by atoms with Crippen molar-refractivity contribution >= 4 is 32.8 Å². The molecule has 1 heterocycles. The first kappa shape index (κ1) is 9.21. The van der Waals surface area contributed by atoms with Crippen LogP contribution in [0.1, 0.15) is 16.1 Å². The molecule has 0 amide bonds. The average Bonchev–Trinajstić information content (AvgIpc) is 2.50. The molecule has 0 fully saturated rings. The van der Waals surface area contributed by atoms with Crippen LogP contribution < -0.4 is 0 Å². The van der Waals surface area contributed by atoms with Crippen molar-refractivity contribution in [2.45, 2.75) is 6.92 Å². The van der Waals surface area contributed by atoms with Crippen LogP contribution in [0.2, 0.25) is 0 Å². The number of halogens is 1. The number of carboxylic acids is 1. The molecule has 0 unspecified atom stereocenters. The molecule has 0 radical (unpaired) electrons. The summed E-state index contributed by atoms with van der Waals surface area (Å²) in [7, 11) is 0. The van der Waals surface area contributed by atoms with E-state index in [9.17, 15) is 4.79 Å². The monoisotopic (exact) mass is 254 g/mol. The van der Waals surface area contributed by atoms with Crippen LogP contribution >= 0.6 is 15.9 Å². The lowest BCUT2D eigenvalue weighted by Gasteiger charge is -1.98. The van der Waals surface area contributed by atoms with Crippen LogP contribution in [-0.4, -0.2) is 21.3 Å². The van der Waals surface area contributed by atoms with Crippen LogP contribution in [0, 0.1) is 6.92 Å². The molecule has 2 aromatic rings. The Bertz CT molecular complexity index is 519. The normalized spacial score (nSPS) is 10.7. The summed E-state index contributed by atoms with van der Waals surface area (Å²) < 4.78 is 0.793. The Morgan fingerprint density at radius 3 is 2.93 bits per heavy atom. The first-order chi connectivity index (χ1) is 6.61. The molecular formula is C9H7BrN2O2. The van der Waals surface area contributed by atoms with Crippen molar-refractivity contribution in [3.05, 3.63) is 27.9 Å². The predicted molar refractivity (Wildman–Crippen MR) is 55.5 cm³/mol. The summed E-state index contributed by atoms with van der Waals surface area (Å²) in [5.74, 6) is -0.938. The first-order valence-electron chi connectivity index (χ1n) is 3.97. The quantitative estimate of drug-likeness (QED) is 0.821. The molecule has 1 aromatic heterocycles. The second kappa shape index (κ2) is 3.09. The average molecular weight is 255 g/mol. The van der Waals surface area contributed by atoms with Gasteiger partial charge in [-0.1, -0.05) is 0 Å². The summed E-state index contributed by atoms with van der Waals surface area (Å²) in [4.78, 5) is 10.9. The van der Waals surface area contributed by atoms with Gasteiger partial charge in [0.25, 0.3) is 0 Å². The highest BCUT2D eigenvalue weighted by Gasteiger charge is 2.14. The van der Waals surface area contributed by atoms with Gasteiger partial charge in [0.15, 0.2) is 0 Å². The fraction of sp³-hybridized carbons (Fsp3) is 0.111. The summed E-state index contributed by atoms with van der Waals surface area (Å²) in [6.45, 7) is 1.80. The van der Waals surface area contributed by atoms with Gasteiger partial charge in [0, 0.05) is 15.6 Å². The minimum absolute atomic E-state index is 0.273. The van der Waals surface area contributed by atoms with E-state index in [2.05, 4.69) is 26.1 Å². The Kier molecular flexibility index (Phi) is 2.03. The molecule has 0 aliphatic carbocycles. The van der Waals surface area contributed by atoms with E-state index in [1.54, 1.807) is 19.1 Å². The number of hydrogen-bond donors (Lipinski definition) is 2. The van der Waals surface area contributed by atoms with Gasteiger partial charge in [-0.25, -0.2) is 4.79 Å². The van der Waals surface area contributed by atoms with Crippen LogP contribution in [0.25, 0.3) is 10.9 Å². The van der Waals surface area contributed by atoms with Gasteiger partial charge in [0.1, 0.15) is 5.52 Å². The van der Waals surface area contributed by atoms with Gasteiger partial charge in [-0.2, -0.15) is 5.10 Å². The van der Waals surface area contributed by atoms with E-state index in [0.29, 0.717) is 10.9 Å². The fourth-order valence-electron chi connectivity index (χ4n) is 1.43. The molecule has 0 aliphatic heterocycles. The van der Waals surface area contributed by atoms with Gasteiger partial charge in [-0.05, 0) is 35.0 Å². The van der Waals surface area contributed by atoms with Gasteiger partial charge >= 0.3 is 5.97 Å². The zero-order chi connectivity index (χ0) is 10.3. The lowest BCUT2D eigenvalue weighted by Crippen LogP contribution is -1.97. The molecule has 5 heteroatoms. The highest BCUT2D eigenvalue weighted by molar-refractivity contribution is 9.10. The standard InChI is InChI=1S/C9H7BrN2O2/c1-4-7-5(9(13)14)2-3-6(10)8(7)12-11-4/h2-3H,1H3,(H,11,12)(H,13,14). The SMILES string of the molecule is Cc1[nH]nc2c(Br)ccc(C(=O)O)c12. The number of aromatic carboxylic acids is 1.